The van der Waals surface area contributed by atoms with Gasteiger partial charge in [0, 0.05) is 12.1 Å². The molecule has 0 bridgehead atoms. The zero-order chi connectivity index (χ0) is 8.16. The van der Waals surface area contributed by atoms with Crippen molar-refractivity contribution in [1.82, 2.24) is 5.32 Å². The molecule has 1 aliphatic rings. The van der Waals surface area contributed by atoms with Gasteiger partial charge in [-0.1, -0.05) is 26.7 Å². The van der Waals surface area contributed by atoms with Crippen LogP contribution in [-0.2, 0) is 0 Å². The third-order valence-corrected chi connectivity index (χ3v) is 2.87. The standard InChI is InChI=1S/C10H20N/c1-3-7-10(4-2)8-5-6-9-11-10/h3-9H2,1-2H3. The van der Waals surface area contributed by atoms with Crippen LogP contribution in [0.3, 0.4) is 0 Å². The molecule has 0 amide bonds. The average molecular weight is 154 g/mol. The van der Waals surface area contributed by atoms with Crippen LogP contribution >= 0.6 is 0 Å². The second-order valence-electron chi connectivity index (χ2n) is 3.67. The SMILES string of the molecule is CCCC1(CC)CCCC[N]1. The molecule has 1 atom stereocenters. The smallest absolute Gasteiger partial charge is 0.0354 e. The van der Waals surface area contributed by atoms with Crippen molar-refractivity contribution in [1.29, 1.82) is 0 Å². The molecule has 1 saturated heterocycles. The first-order valence-corrected chi connectivity index (χ1v) is 5.01. The van der Waals surface area contributed by atoms with E-state index in [1.165, 1.54) is 38.5 Å². The number of hydrogen-bond acceptors (Lipinski definition) is 0. The van der Waals surface area contributed by atoms with Gasteiger partial charge >= 0.3 is 0 Å². The van der Waals surface area contributed by atoms with Gasteiger partial charge in [0.25, 0.3) is 0 Å². The van der Waals surface area contributed by atoms with Crippen LogP contribution in [-0.4, -0.2) is 12.1 Å². The molecule has 0 aliphatic carbocycles. The van der Waals surface area contributed by atoms with E-state index in [-0.39, 0.29) is 0 Å². The van der Waals surface area contributed by atoms with Gasteiger partial charge in [0.1, 0.15) is 0 Å². The summed E-state index contributed by atoms with van der Waals surface area (Å²) < 4.78 is 0. The monoisotopic (exact) mass is 154 g/mol. The zero-order valence-corrected chi connectivity index (χ0v) is 7.90. The van der Waals surface area contributed by atoms with E-state index >= 15 is 0 Å². The third kappa shape index (κ3) is 2.19. The van der Waals surface area contributed by atoms with Crippen LogP contribution in [0, 0.1) is 0 Å². The van der Waals surface area contributed by atoms with Crippen LogP contribution in [0.2, 0.25) is 0 Å². The maximum absolute atomic E-state index is 4.77. The lowest BCUT2D eigenvalue weighted by Crippen LogP contribution is -2.42. The second-order valence-corrected chi connectivity index (χ2v) is 3.67. The van der Waals surface area contributed by atoms with Crippen molar-refractivity contribution in [3.05, 3.63) is 0 Å². The van der Waals surface area contributed by atoms with E-state index in [0.29, 0.717) is 5.54 Å². The summed E-state index contributed by atoms with van der Waals surface area (Å²) in [6.07, 6.45) is 7.92. The van der Waals surface area contributed by atoms with E-state index in [2.05, 4.69) is 13.8 Å². The van der Waals surface area contributed by atoms with Gasteiger partial charge in [-0.05, 0) is 25.7 Å². The quantitative estimate of drug-likeness (QED) is 0.593. The van der Waals surface area contributed by atoms with Crippen LogP contribution in [0.5, 0.6) is 0 Å². The molecule has 1 fully saturated rings. The van der Waals surface area contributed by atoms with Gasteiger partial charge in [0.15, 0.2) is 0 Å². The average Bonchev–Trinajstić information content (AvgIpc) is 2.07. The van der Waals surface area contributed by atoms with Gasteiger partial charge in [0.2, 0.25) is 0 Å². The maximum Gasteiger partial charge on any atom is 0.0354 e. The Labute approximate surface area is 70.6 Å². The Morgan fingerprint density at radius 3 is 2.55 bits per heavy atom. The predicted molar refractivity (Wildman–Crippen MR) is 48.8 cm³/mol. The van der Waals surface area contributed by atoms with Crippen molar-refractivity contribution in [2.24, 2.45) is 0 Å². The molecule has 0 aromatic heterocycles. The van der Waals surface area contributed by atoms with Crippen LogP contribution < -0.4 is 5.32 Å². The Balaban J connectivity index is 2.42. The summed E-state index contributed by atoms with van der Waals surface area (Å²) in [5.74, 6) is 0. The molecule has 0 saturated carbocycles. The van der Waals surface area contributed by atoms with E-state index in [1.807, 2.05) is 0 Å². The van der Waals surface area contributed by atoms with Crippen LogP contribution in [0.15, 0.2) is 0 Å². The van der Waals surface area contributed by atoms with Crippen molar-refractivity contribution in [3.8, 4) is 0 Å². The molecule has 0 aromatic carbocycles. The highest BCUT2D eigenvalue weighted by Gasteiger charge is 2.29. The van der Waals surface area contributed by atoms with Gasteiger partial charge in [-0.15, -0.1) is 0 Å². The van der Waals surface area contributed by atoms with Gasteiger partial charge < -0.3 is 0 Å². The Kier molecular flexibility index (Phi) is 3.38. The first-order chi connectivity index (χ1) is 5.33. The van der Waals surface area contributed by atoms with Crippen LogP contribution in [0.25, 0.3) is 0 Å². The minimum atomic E-state index is 0.396. The van der Waals surface area contributed by atoms with Crippen molar-refractivity contribution < 1.29 is 0 Å². The normalized spacial score (nSPS) is 32.2. The Hall–Kier alpha value is -0.0400. The topological polar surface area (TPSA) is 14.1 Å². The molecular weight excluding hydrogens is 134 g/mol. The van der Waals surface area contributed by atoms with Crippen LogP contribution in [0.1, 0.15) is 52.4 Å². The van der Waals surface area contributed by atoms with E-state index in [1.54, 1.807) is 0 Å². The fraction of sp³-hybridized carbons (Fsp3) is 1.00. The number of rotatable bonds is 3. The fourth-order valence-corrected chi connectivity index (χ4v) is 2.10. The number of piperidine rings is 1. The predicted octanol–water partition coefficient (Wildman–Crippen LogP) is 2.72. The molecular formula is C10H20N. The van der Waals surface area contributed by atoms with Gasteiger partial charge in [-0.25, -0.2) is 5.32 Å². The highest BCUT2D eigenvalue weighted by Crippen LogP contribution is 2.28. The minimum Gasteiger partial charge on any atom is -0.235 e. The van der Waals surface area contributed by atoms with E-state index in [9.17, 15) is 0 Å². The van der Waals surface area contributed by atoms with E-state index in [4.69, 9.17) is 5.32 Å². The molecule has 0 aromatic rings. The molecule has 1 heterocycles. The van der Waals surface area contributed by atoms with Gasteiger partial charge in [-0.3, -0.25) is 0 Å². The minimum absolute atomic E-state index is 0.396. The summed E-state index contributed by atoms with van der Waals surface area (Å²) in [5, 5.41) is 4.77. The van der Waals surface area contributed by atoms with Crippen molar-refractivity contribution in [2.75, 3.05) is 6.54 Å². The molecule has 1 heteroatoms. The first kappa shape index (κ1) is 9.05. The van der Waals surface area contributed by atoms with Crippen LogP contribution in [0.4, 0.5) is 0 Å². The lowest BCUT2D eigenvalue weighted by atomic mass is 9.83. The fourth-order valence-electron chi connectivity index (χ4n) is 2.10. The summed E-state index contributed by atoms with van der Waals surface area (Å²) >= 11 is 0. The van der Waals surface area contributed by atoms with Crippen molar-refractivity contribution >= 4 is 0 Å². The Morgan fingerprint density at radius 1 is 1.27 bits per heavy atom. The molecule has 11 heavy (non-hydrogen) atoms. The third-order valence-electron chi connectivity index (χ3n) is 2.87. The van der Waals surface area contributed by atoms with Crippen molar-refractivity contribution in [2.45, 2.75) is 57.9 Å². The van der Waals surface area contributed by atoms with E-state index in [0.717, 1.165) is 6.54 Å². The summed E-state index contributed by atoms with van der Waals surface area (Å²) in [7, 11) is 0. The number of hydrogen-bond donors (Lipinski definition) is 0. The highest BCUT2D eigenvalue weighted by molar-refractivity contribution is 4.88. The second kappa shape index (κ2) is 4.10. The summed E-state index contributed by atoms with van der Waals surface area (Å²) in [4.78, 5) is 0. The summed E-state index contributed by atoms with van der Waals surface area (Å²) in [5.41, 5.74) is 0.396. The zero-order valence-electron chi connectivity index (χ0n) is 7.90. The summed E-state index contributed by atoms with van der Waals surface area (Å²) in [6, 6.07) is 0. The first-order valence-electron chi connectivity index (χ1n) is 5.01. The number of nitrogens with zero attached hydrogens (tertiary/aromatic N) is 1. The highest BCUT2D eigenvalue weighted by atomic mass is 15.0. The Bertz CT molecular complexity index is 97.9. The molecule has 1 aliphatic heterocycles. The van der Waals surface area contributed by atoms with Crippen molar-refractivity contribution in [3.63, 3.8) is 0 Å². The molecule has 0 spiro atoms. The molecule has 65 valence electrons. The lowest BCUT2D eigenvalue weighted by Gasteiger charge is -2.35. The molecule has 0 N–H and O–H groups in total. The van der Waals surface area contributed by atoms with E-state index < -0.39 is 0 Å². The largest absolute Gasteiger partial charge is 0.235 e. The lowest BCUT2D eigenvalue weighted by molar-refractivity contribution is 0.220. The van der Waals surface area contributed by atoms with Gasteiger partial charge in [0.05, 0.1) is 0 Å². The maximum atomic E-state index is 4.77. The molecule has 1 unspecified atom stereocenters. The Morgan fingerprint density at radius 2 is 2.09 bits per heavy atom. The molecule has 1 nitrogen and oxygen atoms in total. The summed E-state index contributed by atoms with van der Waals surface area (Å²) in [6.45, 7) is 5.67. The van der Waals surface area contributed by atoms with Gasteiger partial charge in [-0.2, -0.15) is 0 Å². The molecule has 1 radical (unpaired) electrons. The molecule has 1 rings (SSSR count).